The molecule has 3 rings (SSSR count). The number of rotatable bonds is 5. The van der Waals surface area contributed by atoms with Crippen molar-refractivity contribution in [1.82, 2.24) is 0 Å². The van der Waals surface area contributed by atoms with Gasteiger partial charge in [-0.05, 0) is 48.7 Å². The molecule has 5 nitrogen and oxygen atoms in total. The van der Waals surface area contributed by atoms with Crippen LogP contribution in [0.1, 0.15) is 12.0 Å². The summed E-state index contributed by atoms with van der Waals surface area (Å²) in [6, 6.07) is 15.0. The molecule has 1 heterocycles. The molecule has 2 aromatic rings. The Morgan fingerprint density at radius 2 is 2.00 bits per heavy atom. The molecule has 0 radical (unpaired) electrons. The van der Waals surface area contributed by atoms with Gasteiger partial charge in [-0.2, -0.15) is 0 Å². The number of para-hydroxylation sites is 1. The quantitative estimate of drug-likeness (QED) is 0.862. The lowest BCUT2D eigenvalue weighted by atomic mass is 10.1. The fraction of sp³-hybridized carbons (Fsp3) is 0.263. The number of fused-ring (bicyclic) bond motifs is 1. The molecule has 0 saturated carbocycles. The highest BCUT2D eigenvalue weighted by Crippen LogP contribution is 2.27. The first-order valence-corrected chi connectivity index (χ1v) is 9.15. The Morgan fingerprint density at radius 1 is 1.24 bits per heavy atom. The first-order valence-electron chi connectivity index (χ1n) is 8.10. The Labute approximate surface area is 151 Å². The van der Waals surface area contributed by atoms with Gasteiger partial charge in [0.1, 0.15) is 5.75 Å². The minimum atomic E-state index is -0.228. The largest absolute Gasteiger partial charge is 0.497 e. The van der Waals surface area contributed by atoms with Crippen LogP contribution in [0.4, 0.5) is 11.4 Å². The summed E-state index contributed by atoms with van der Waals surface area (Å²) < 4.78 is 5.09. The van der Waals surface area contributed by atoms with Crippen molar-refractivity contribution < 1.29 is 14.3 Å². The zero-order valence-electron chi connectivity index (χ0n) is 14.0. The van der Waals surface area contributed by atoms with Crippen molar-refractivity contribution in [2.75, 3.05) is 23.5 Å². The van der Waals surface area contributed by atoms with E-state index in [1.807, 2.05) is 24.3 Å². The first-order chi connectivity index (χ1) is 12.2. The first kappa shape index (κ1) is 17.4. The smallest absolute Gasteiger partial charge is 0.237 e. The number of carbonyl (C=O) groups excluding carboxylic acids is 2. The number of hydrogen-bond acceptors (Lipinski definition) is 4. The molecule has 130 valence electrons. The minimum absolute atomic E-state index is 0.0350. The van der Waals surface area contributed by atoms with Crippen molar-refractivity contribution in [2.24, 2.45) is 0 Å². The predicted molar refractivity (Wildman–Crippen MR) is 101 cm³/mol. The van der Waals surface area contributed by atoms with Crippen LogP contribution < -0.4 is 15.4 Å². The van der Waals surface area contributed by atoms with Gasteiger partial charge >= 0.3 is 0 Å². The highest BCUT2D eigenvalue weighted by atomic mass is 32.2. The number of nitrogens with one attached hydrogen (secondary N) is 2. The van der Waals surface area contributed by atoms with E-state index >= 15 is 0 Å². The molecule has 2 N–H and O–H groups in total. The lowest BCUT2D eigenvalue weighted by molar-refractivity contribution is -0.115. The maximum Gasteiger partial charge on any atom is 0.237 e. The van der Waals surface area contributed by atoms with Crippen molar-refractivity contribution in [1.29, 1.82) is 0 Å². The van der Waals surface area contributed by atoms with Crippen LogP contribution in [-0.4, -0.2) is 29.9 Å². The number of methoxy groups -OCH3 is 1. The average molecular weight is 356 g/mol. The summed E-state index contributed by atoms with van der Waals surface area (Å²) in [5, 5.41) is 5.56. The van der Waals surface area contributed by atoms with Gasteiger partial charge in [0.05, 0.1) is 18.1 Å². The summed E-state index contributed by atoms with van der Waals surface area (Å²) in [6.07, 6.45) is 1.55. The Balaban J connectivity index is 1.52. The number of ether oxygens (including phenoxy) is 1. The molecule has 1 aliphatic heterocycles. The van der Waals surface area contributed by atoms with Gasteiger partial charge in [-0.15, -0.1) is 11.8 Å². The van der Waals surface area contributed by atoms with Gasteiger partial charge < -0.3 is 15.4 Å². The summed E-state index contributed by atoms with van der Waals surface area (Å²) >= 11 is 1.38. The van der Waals surface area contributed by atoms with E-state index in [2.05, 4.69) is 10.6 Å². The molecule has 25 heavy (non-hydrogen) atoms. The van der Waals surface area contributed by atoms with Crippen molar-refractivity contribution in [2.45, 2.75) is 18.1 Å². The van der Waals surface area contributed by atoms with Crippen LogP contribution in [0.5, 0.6) is 5.75 Å². The number of carbonyl (C=O) groups is 2. The van der Waals surface area contributed by atoms with E-state index in [0.717, 1.165) is 29.8 Å². The zero-order chi connectivity index (χ0) is 17.6. The van der Waals surface area contributed by atoms with Crippen LogP contribution in [0.15, 0.2) is 48.5 Å². The molecule has 2 amide bonds. The van der Waals surface area contributed by atoms with E-state index in [1.54, 1.807) is 31.4 Å². The third-order valence-electron chi connectivity index (χ3n) is 4.03. The molecule has 1 atom stereocenters. The van der Waals surface area contributed by atoms with Gasteiger partial charge in [0.2, 0.25) is 11.8 Å². The summed E-state index contributed by atoms with van der Waals surface area (Å²) in [5.74, 6) is 0.819. The number of aryl methyl sites for hydroxylation is 1. The molecule has 6 heteroatoms. The SMILES string of the molecule is COc1ccc(NC(=O)CSC2CCc3ccccc3NC2=O)cc1. The molecule has 0 fully saturated rings. The van der Waals surface area contributed by atoms with E-state index in [4.69, 9.17) is 4.74 Å². The van der Waals surface area contributed by atoms with E-state index in [0.29, 0.717) is 5.69 Å². The molecule has 1 unspecified atom stereocenters. The summed E-state index contributed by atoms with van der Waals surface area (Å²) in [6.45, 7) is 0. The van der Waals surface area contributed by atoms with Crippen LogP contribution in [0.2, 0.25) is 0 Å². The lowest BCUT2D eigenvalue weighted by Crippen LogP contribution is -2.26. The number of anilines is 2. The van der Waals surface area contributed by atoms with E-state index < -0.39 is 0 Å². The molecular weight excluding hydrogens is 336 g/mol. The van der Waals surface area contributed by atoms with Crippen LogP contribution in [0.25, 0.3) is 0 Å². The van der Waals surface area contributed by atoms with Crippen LogP contribution in [-0.2, 0) is 16.0 Å². The summed E-state index contributed by atoms with van der Waals surface area (Å²) in [5.41, 5.74) is 2.73. The van der Waals surface area contributed by atoms with Crippen molar-refractivity contribution in [3.8, 4) is 5.75 Å². The molecule has 0 saturated heterocycles. The fourth-order valence-corrected chi connectivity index (χ4v) is 3.62. The molecular formula is C19H20N2O3S. The Kier molecular flexibility index (Phi) is 5.60. The van der Waals surface area contributed by atoms with Crippen LogP contribution >= 0.6 is 11.8 Å². The topological polar surface area (TPSA) is 67.4 Å². The predicted octanol–water partition coefficient (Wildman–Crippen LogP) is 3.32. The van der Waals surface area contributed by atoms with Gasteiger partial charge in [0.15, 0.2) is 0 Å². The minimum Gasteiger partial charge on any atom is -0.497 e. The molecule has 2 aromatic carbocycles. The Bertz CT molecular complexity index is 762. The van der Waals surface area contributed by atoms with Gasteiger partial charge in [0, 0.05) is 11.4 Å². The summed E-state index contributed by atoms with van der Waals surface area (Å²) in [4.78, 5) is 24.5. The average Bonchev–Trinajstić information content (AvgIpc) is 2.79. The standard InChI is InChI=1S/C19H20N2O3S/c1-24-15-9-7-14(8-10-15)20-18(22)12-25-17-11-6-13-4-2-3-5-16(13)21-19(17)23/h2-5,7-10,17H,6,11-12H2,1H3,(H,20,22)(H,21,23). The van der Waals surface area contributed by atoms with Gasteiger partial charge in [0.25, 0.3) is 0 Å². The van der Waals surface area contributed by atoms with E-state index in [9.17, 15) is 9.59 Å². The zero-order valence-corrected chi connectivity index (χ0v) is 14.8. The second kappa shape index (κ2) is 8.07. The molecule has 0 spiro atoms. The second-order valence-corrected chi connectivity index (χ2v) is 6.95. The van der Waals surface area contributed by atoms with E-state index in [1.165, 1.54) is 11.8 Å². The Morgan fingerprint density at radius 3 is 2.76 bits per heavy atom. The molecule has 0 bridgehead atoms. The number of benzene rings is 2. The molecule has 0 aromatic heterocycles. The van der Waals surface area contributed by atoms with Crippen molar-refractivity contribution >= 4 is 35.0 Å². The normalized spacial score (nSPS) is 16.4. The monoisotopic (exact) mass is 356 g/mol. The number of amides is 2. The van der Waals surface area contributed by atoms with Gasteiger partial charge in [-0.1, -0.05) is 18.2 Å². The highest BCUT2D eigenvalue weighted by Gasteiger charge is 2.24. The van der Waals surface area contributed by atoms with Gasteiger partial charge in [-0.25, -0.2) is 0 Å². The van der Waals surface area contributed by atoms with Crippen LogP contribution in [0, 0.1) is 0 Å². The van der Waals surface area contributed by atoms with Crippen molar-refractivity contribution in [3.05, 3.63) is 54.1 Å². The Hall–Kier alpha value is -2.47. The second-order valence-electron chi connectivity index (χ2n) is 5.76. The fourth-order valence-electron chi connectivity index (χ4n) is 2.70. The van der Waals surface area contributed by atoms with Crippen molar-refractivity contribution in [3.63, 3.8) is 0 Å². The molecule has 0 aliphatic carbocycles. The third-order valence-corrected chi connectivity index (χ3v) is 5.31. The maximum absolute atomic E-state index is 12.3. The van der Waals surface area contributed by atoms with Gasteiger partial charge in [-0.3, -0.25) is 9.59 Å². The lowest BCUT2D eigenvalue weighted by Gasteiger charge is -2.13. The van der Waals surface area contributed by atoms with Crippen LogP contribution in [0.3, 0.4) is 0 Å². The third kappa shape index (κ3) is 4.54. The maximum atomic E-state index is 12.3. The molecule has 1 aliphatic rings. The number of hydrogen-bond donors (Lipinski definition) is 2. The summed E-state index contributed by atoms with van der Waals surface area (Å²) in [7, 11) is 1.60. The number of thioether (sulfide) groups is 1. The highest BCUT2D eigenvalue weighted by molar-refractivity contribution is 8.01. The van der Waals surface area contributed by atoms with E-state index in [-0.39, 0.29) is 22.8 Å².